The second kappa shape index (κ2) is 6.78. The van der Waals surface area contributed by atoms with Crippen LogP contribution in [0.1, 0.15) is 23.2 Å². The van der Waals surface area contributed by atoms with Gasteiger partial charge >= 0.3 is 0 Å². The molecular weight excluding hydrogens is 264 g/mol. The number of nitrogens with one attached hydrogen (secondary N) is 2. The largest absolute Gasteiger partial charge is 0.384 e. The van der Waals surface area contributed by atoms with Gasteiger partial charge in [0.2, 0.25) is 0 Å². The number of benzene rings is 1. The fourth-order valence-corrected chi connectivity index (χ4v) is 2.34. The predicted molar refractivity (Wildman–Crippen MR) is 76.9 cm³/mol. The number of amides is 1. The molecule has 1 aliphatic rings. The average molecular weight is 283 g/mol. The van der Waals surface area contributed by atoms with Crippen molar-refractivity contribution in [1.29, 1.82) is 0 Å². The Morgan fingerprint density at radius 2 is 2.16 bits per heavy atom. The van der Waals surface area contributed by atoms with Crippen LogP contribution in [0.3, 0.4) is 0 Å². The summed E-state index contributed by atoms with van der Waals surface area (Å²) < 4.78 is 5.33. The summed E-state index contributed by atoms with van der Waals surface area (Å²) in [5.74, 6) is 0.499. The van der Waals surface area contributed by atoms with Gasteiger partial charge < -0.3 is 15.4 Å². The summed E-state index contributed by atoms with van der Waals surface area (Å²) in [4.78, 5) is 11.6. The molecule has 2 rings (SSSR count). The Kier molecular flexibility index (Phi) is 5.05. The minimum atomic E-state index is -0.106. The van der Waals surface area contributed by atoms with Crippen LogP contribution in [-0.4, -0.2) is 32.7 Å². The van der Waals surface area contributed by atoms with Gasteiger partial charge in [-0.3, -0.25) is 4.79 Å². The molecule has 2 N–H and O–H groups in total. The number of hydrogen-bond donors (Lipinski definition) is 2. The van der Waals surface area contributed by atoms with E-state index in [0.29, 0.717) is 16.5 Å². The lowest BCUT2D eigenvalue weighted by atomic mass is 10.0. The van der Waals surface area contributed by atoms with Gasteiger partial charge in [0.15, 0.2) is 0 Å². The van der Waals surface area contributed by atoms with Crippen molar-refractivity contribution < 1.29 is 9.53 Å². The number of ether oxygens (including phenoxy) is 1. The molecule has 0 radical (unpaired) electrons. The van der Waals surface area contributed by atoms with E-state index in [4.69, 9.17) is 16.3 Å². The summed E-state index contributed by atoms with van der Waals surface area (Å²) in [6.07, 6.45) is 2.14. The number of carbonyl (C=O) groups is 1. The van der Waals surface area contributed by atoms with Gasteiger partial charge in [-0.25, -0.2) is 0 Å². The lowest BCUT2D eigenvalue weighted by Crippen LogP contribution is -2.23. The zero-order valence-corrected chi connectivity index (χ0v) is 11.8. The highest BCUT2D eigenvalue weighted by atomic mass is 35.5. The Hall–Kier alpha value is -1.26. The molecule has 0 atom stereocenters. The molecule has 0 aromatic heterocycles. The van der Waals surface area contributed by atoms with Crippen molar-refractivity contribution in [2.45, 2.75) is 12.8 Å². The number of carbonyl (C=O) groups excluding carboxylic acids is 1. The van der Waals surface area contributed by atoms with E-state index in [1.807, 2.05) is 0 Å². The van der Waals surface area contributed by atoms with Gasteiger partial charge in [-0.1, -0.05) is 11.6 Å². The minimum Gasteiger partial charge on any atom is -0.384 e. The lowest BCUT2D eigenvalue weighted by molar-refractivity contribution is 0.0699. The monoisotopic (exact) mass is 282 g/mol. The SMILES string of the molecule is CNC(=O)c1ccc(Cl)c(NCC2CCOCC2)c1. The number of anilines is 1. The maximum Gasteiger partial charge on any atom is 0.251 e. The van der Waals surface area contributed by atoms with E-state index >= 15 is 0 Å². The molecule has 5 heteroatoms. The van der Waals surface area contributed by atoms with Crippen LogP contribution in [0.4, 0.5) is 5.69 Å². The second-order valence-electron chi connectivity index (χ2n) is 4.71. The number of hydrogen-bond acceptors (Lipinski definition) is 3. The molecule has 104 valence electrons. The maximum absolute atomic E-state index is 11.6. The van der Waals surface area contributed by atoms with E-state index in [0.717, 1.165) is 38.3 Å². The third kappa shape index (κ3) is 3.85. The van der Waals surface area contributed by atoms with E-state index in [1.165, 1.54) is 0 Å². The van der Waals surface area contributed by atoms with Gasteiger partial charge in [-0.2, -0.15) is 0 Å². The van der Waals surface area contributed by atoms with Crippen LogP contribution in [0.5, 0.6) is 0 Å². The topological polar surface area (TPSA) is 50.4 Å². The molecular formula is C14H19ClN2O2. The van der Waals surface area contributed by atoms with Gasteiger partial charge in [0.1, 0.15) is 0 Å². The van der Waals surface area contributed by atoms with Crippen molar-refractivity contribution >= 4 is 23.2 Å². The predicted octanol–water partition coefficient (Wildman–Crippen LogP) is 2.54. The van der Waals surface area contributed by atoms with Crippen LogP contribution < -0.4 is 10.6 Å². The first kappa shape index (κ1) is 14.2. The molecule has 1 aromatic rings. The molecule has 19 heavy (non-hydrogen) atoms. The van der Waals surface area contributed by atoms with Crippen molar-refractivity contribution in [1.82, 2.24) is 5.32 Å². The zero-order chi connectivity index (χ0) is 13.7. The minimum absolute atomic E-state index is 0.106. The quantitative estimate of drug-likeness (QED) is 0.892. The molecule has 0 aliphatic carbocycles. The molecule has 1 saturated heterocycles. The van der Waals surface area contributed by atoms with Gasteiger partial charge in [0.25, 0.3) is 5.91 Å². The van der Waals surface area contributed by atoms with Crippen LogP contribution in [0.25, 0.3) is 0 Å². The van der Waals surface area contributed by atoms with E-state index in [9.17, 15) is 4.79 Å². The molecule has 0 spiro atoms. The van der Waals surface area contributed by atoms with Crippen LogP contribution >= 0.6 is 11.6 Å². The summed E-state index contributed by atoms with van der Waals surface area (Å²) in [7, 11) is 1.62. The molecule has 1 fully saturated rings. The van der Waals surface area contributed by atoms with Crippen molar-refractivity contribution in [3.05, 3.63) is 28.8 Å². The van der Waals surface area contributed by atoms with Gasteiger partial charge in [0.05, 0.1) is 10.7 Å². The van der Waals surface area contributed by atoms with Gasteiger partial charge in [-0.05, 0) is 37.0 Å². The van der Waals surface area contributed by atoms with E-state index in [1.54, 1.807) is 25.2 Å². The highest BCUT2D eigenvalue weighted by Gasteiger charge is 2.14. The first-order valence-corrected chi connectivity index (χ1v) is 6.91. The third-order valence-corrected chi connectivity index (χ3v) is 3.71. The summed E-state index contributed by atoms with van der Waals surface area (Å²) in [6.45, 7) is 2.52. The summed E-state index contributed by atoms with van der Waals surface area (Å²) in [5, 5.41) is 6.58. The molecule has 1 heterocycles. The van der Waals surface area contributed by atoms with Crippen LogP contribution in [-0.2, 0) is 4.74 Å². The summed E-state index contributed by atoms with van der Waals surface area (Å²) >= 11 is 6.14. The normalized spacial score (nSPS) is 16.1. The summed E-state index contributed by atoms with van der Waals surface area (Å²) in [5.41, 5.74) is 1.43. The van der Waals surface area contributed by atoms with E-state index in [-0.39, 0.29) is 5.91 Å². The van der Waals surface area contributed by atoms with Crippen molar-refractivity contribution in [3.8, 4) is 0 Å². The van der Waals surface area contributed by atoms with Crippen molar-refractivity contribution in [2.24, 2.45) is 5.92 Å². The molecule has 1 aromatic carbocycles. The third-order valence-electron chi connectivity index (χ3n) is 3.38. The Morgan fingerprint density at radius 3 is 2.84 bits per heavy atom. The molecule has 4 nitrogen and oxygen atoms in total. The maximum atomic E-state index is 11.6. The molecule has 0 unspecified atom stereocenters. The average Bonchev–Trinajstić information content (AvgIpc) is 2.46. The molecule has 0 bridgehead atoms. The fraction of sp³-hybridized carbons (Fsp3) is 0.500. The highest BCUT2D eigenvalue weighted by Crippen LogP contribution is 2.24. The summed E-state index contributed by atoms with van der Waals surface area (Å²) in [6, 6.07) is 5.26. The molecule has 1 aliphatic heterocycles. The number of rotatable bonds is 4. The van der Waals surface area contributed by atoms with E-state index < -0.39 is 0 Å². The second-order valence-corrected chi connectivity index (χ2v) is 5.12. The smallest absolute Gasteiger partial charge is 0.251 e. The molecule has 1 amide bonds. The Morgan fingerprint density at radius 1 is 1.42 bits per heavy atom. The highest BCUT2D eigenvalue weighted by molar-refractivity contribution is 6.33. The lowest BCUT2D eigenvalue weighted by Gasteiger charge is -2.23. The Balaban J connectivity index is 2.00. The van der Waals surface area contributed by atoms with Crippen LogP contribution in [0, 0.1) is 5.92 Å². The first-order chi connectivity index (χ1) is 9.20. The molecule has 0 saturated carbocycles. The van der Waals surface area contributed by atoms with Gasteiger partial charge in [-0.15, -0.1) is 0 Å². The van der Waals surface area contributed by atoms with Gasteiger partial charge in [0, 0.05) is 32.4 Å². The van der Waals surface area contributed by atoms with Crippen LogP contribution in [0.15, 0.2) is 18.2 Å². The Labute approximate surface area is 118 Å². The van der Waals surface area contributed by atoms with E-state index in [2.05, 4.69) is 10.6 Å². The van der Waals surface area contributed by atoms with Crippen molar-refractivity contribution in [2.75, 3.05) is 32.1 Å². The first-order valence-electron chi connectivity index (χ1n) is 6.54. The Bertz CT molecular complexity index is 445. The van der Waals surface area contributed by atoms with Crippen LogP contribution in [0.2, 0.25) is 5.02 Å². The zero-order valence-electron chi connectivity index (χ0n) is 11.0. The van der Waals surface area contributed by atoms with Crippen molar-refractivity contribution in [3.63, 3.8) is 0 Å². The number of halogens is 1. The standard InChI is InChI=1S/C14H19ClN2O2/c1-16-14(18)11-2-3-12(15)13(8-11)17-9-10-4-6-19-7-5-10/h2-3,8,10,17H,4-7,9H2,1H3,(H,16,18). The fourth-order valence-electron chi connectivity index (χ4n) is 2.15.